The molecule has 0 aliphatic rings. The van der Waals surface area contributed by atoms with Crippen molar-refractivity contribution >= 4 is 5.97 Å². The molecule has 0 aliphatic carbocycles. The van der Waals surface area contributed by atoms with Gasteiger partial charge in [0.15, 0.2) is 0 Å². The van der Waals surface area contributed by atoms with E-state index in [0.29, 0.717) is 12.1 Å². The molecule has 0 bridgehead atoms. The minimum atomic E-state index is -0.833. The summed E-state index contributed by atoms with van der Waals surface area (Å²) in [7, 11) is 0. The lowest BCUT2D eigenvalue weighted by atomic mass is 9.99. The van der Waals surface area contributed by atoms with Crippen LogP contribution >= 0.6 is 0 Å². The van der Waals surface area contributed by atoms with Gasteiger partial charge in [0.1, 0.15) is 0 Å². The molecule has 0 spiro atoms. The summed E-state index contributed by atoms with van der Waals surface area (Å²) in [5, 5.41) is 11.9. The van der Waals surface area contributed by atoms with E-state index < -0.39 is 5.97 Å². The molecule has 1 atom stereocenters. The standard InChI is InChI=1S/C13H25NO2/c1-4-6-7-12(5-2)10-14-9-8-11(3)13(15)16/h8,12,14H,4-7,9-10H2,1-3H3,(H,15,16)/b11-8-. The van der Waals surface area contributed by atoms with Crippen LogP contribution in [0.5, 0.6) is 0 Å². The summed E-state index contributed by atoms with van der Waals surface area (Å²) in [4.78, 5) is 10.5. The number of rotatable bonds is 9. The molecular weight excluding hydrogens is 202 g/mol. The molecule has 0 fully saturated rings. The van der Waals surface area contributed by atoms with Crippen molar-refractivity contribution in [1.82, 2.24) is 5.32 Å². The normalized spacial score (nSPS) is 13.8. The van der Waals surface area contributed by atoms with Gasteiger partial charge in [-0.1, -0.05) is 39.2 Å². The van der Waals surface area contributed by atoms with Crippen molar-refractivity contribution in [3.8, 4) is 0 Å². The summed E-state index contributed by atoms with van der Waals surface area (Å²) < 4.78 is 0. The Morgan fingerprint density at radius 3 is 2.62 bits per heavy atom. The molecule has 1 unspecified atom stereocenters. The third-order valence-electron chi connectivity index (χ3n) is 2.87. The van der Waals surface area contributed by atoms with Gasteiger partial charge in [0.25, 0.3) is 0 Å². The van der Waals surface area contributed by atoms with Gasteiger partial charge >= 0.3 is 5.97 Å². The van der Waals surface area contributed by atoms with Crippen LogP contribution in [0.15, 0.2) is 11.6 Å². The molecule has 0 aromatic carbocycles. The Labute approximate surface area is 98.9 Å². The van der Waals surface area contributed by atoms with Crippen molar-refractivity contribution in [2.45, 2.75) is 46.5 Å². The number of aliphatic carboxylic acids is 1. The molecule has 0 radical (unpaired) electrons. The van der Waals surface area contributed by atoms with Crippen molar-refractivity contribution < 1.29 is 9.90 Å². The van der Waals surface area contributed by atoms with Crippen molar-refractivity contribution in [2.24, 2.45) is 5.92 Å². The molecule has 3 heteroatoms. The summed E-state index contributed by atoms with van der Waals surface area (Å²) in [5.41, 5.74) is 0.411. The molecule has 0 saturated carbocycles. The molecule has 3 nitrogen and oxygen atoms in total. The number of carboxylic acid groups (broad SMARTS) is 1. The van der Waals surface area contributed by atoms with Gasteiger partial charge in [0, 0.05) is 12.1 Å². The van der Waals surface area contributed by atoms with E-state index in [1.165, 1.54) is 25.7 Å². The molecule has 0 aromatic rings. The first-order valence-electron chi connectivity index (χ1n) is 6.22. The average Bonchev–Trinajstić information content (AvgIpc) is 2.27. The molecule has 0 heterocycles. The second kappa shape index (κ2) is 9.40. The maximum Gasteiger partial charge on any atom is 0.330 e. The zero-order valence-electron chi connectivity index (χ0n) is 10.8. The Hall–Kier alpha value is -0.830. The topological polar surface area (TPSA) is 49.3 Å². The van der Waals surface area contributed by atoms with Crippen molar-refractivity contribution in [3.05, 3.63) is 11.6 Å². The third-order valence-corrected chi connectivity index (χ3v) is 2.87. The maximum atomic E-state index is 10.5. The zero-order valence-corrected chi connectivity index (χ0v) is 10.8. The molecule has 94 valence electrons. The first-order valence-corrected chi connectivity index (χ1v) is 6.22. The van der Waals surface area contributed by atoms with Crippen molar-refractivity contribution in [2.75, 3.05) is 13.1 Å². The lowest BCUT2D eigenvalue weighted by molar-refractivity contribution is -0.132. The minimum Gasteiger partial charge on any atom is -0.478 e. The number of unbranched alkanes of at least 4 members (excludes halogenated alkanes) is 1. The molecule has 0 amide bonds. The second-order valence-electron chi connectivity index (χ2n) is 4.27. The van der Waals surface area contributed by atoms with Gasteiger partial charge in [0.2, 0.25) is 0 Å². The Bertz CT molecular complexity index is 224. The highest BCUT2D eigenvalue weighted by Crippen LogP contribution is 2.10. The lowest BCUT2D eigenvalue weighted by Gasteiger charge is -2.14. The minimum absolute atomic E-state index is 0.411. The number of carboxylic acids is 1. The Morgan fingerprint density at radius 1 is 1.44 bits per heavy atom. The Balaban J connectivity index is 3.70. The van der Waals surface area contributed by atoms with Crippen LogP contribution in [-0.4, -0.2) is 24.2 Å². The van der Waals surface area contributed by atoms with E-state index in [-0.39, 0.29) is 0 Å². The third kappa shape index (κ3) is 7.46. The molecule has 2 N–H and O–H groups in total. The van der Waals surface area contributed by atoms with Crippen LogP contribution in [0.4, 0.5) is 0 Å². The van der Waals surface area contributed by atoms with Crippen LogP contribution in [0.1, 0.15) is 46.5 Å². The van der Waals surface area contributed by atoms with Gasteiger partial charge in [-0.2, -0.15) is 0 Å². The van der Waals surface area contributed by atoms with Crippen molar-refractivity contribution in [1.29, 1.82) is 0 Å². The van der Waals surface area contributed by atoms with Crippen LogP contribution in [0.25, 0.3) is 0 Å². The largest absolute Gasteiger partial charge is 0.478 e. The summed E-state index contributed by atoms with van der Waals surface area (Å²) >= 11 is 0. The van der Waals surface area contributed by atoms with E-state index in [1.807, 2.05) is 0 Å². The molecule has 0 saturated heterocycles. The molecule has 0 aliphatic heterocycles. The fourth-order valence-corrected chi connectivity index (χ4v) is 1.54. The van der Waals surface area contributed by atoms with Crippen LogP contribution in [0.2, 0.25) is 0 Å². The highest BCUT2D eigenvalue weighted by molar-refractivity contribution is 5.85. The van der Waals surface area contributed by atoms with E-state index in [0.717, 1.165) is 12.5 Å². The molecular formula is C13H25NO2. The second-order valence-corrected chi connectivity index (χ2v) is 4.27. The van der Waals surface area contributed by atoms with E-state index in [1.54, 1.807) is 13.0 Å². The van der Waals surface area contributed by atoms with E-state index >= 15 is 0 Å². The van der Waals surface area contributed by atoms with E-state index in [2.05, 4.69) is 19.2 Å². The maximum absolute atomic E-state index is 10.5. The van der Waals surface area contributed by atoms with Crippen LogP contribution in [-0.2, 0) is 4.79 Å². The number of hydrogen-bond donors (Lipinski definition) is 2. The highest BCUT2D eigenvalue weighted by atomic mass is 16.4. The summed E-state index contributed by atoms with van der Waals surface area (Å²) in [6.45, 7) is 7.68. The molecule has 0 aromatic heterocycles. The smallest absolute Gasteiger partial charge is 0.330 e. The van der Waals surface area contributed by atoms with Gasteiger partial charge in [-0.25, -0.2) is 4.79 Å². The highest BCUT2D eigenvalue weighted by Gasteiger charge is 2.04. The number of hydrogen-bond acceptors (Lipinski definition) is 2. The first kappa shape index (κ1) is 15.2. The monoisotopic (exact) mass is 227 g/mol. The van der Waals surface area contributed by atoms with Gasteiger partial charge in [-0.05, 0) is 25.8 Å². The first-order chi connectivity index (χ1) is 7.61. The number of nitrogens with one attached hydrogen (secondary N) is 1. The van der Waals surface area contributed by atoms with Crippen LogP contribution < -0.4 is 5.32 Å². The zero-order chi connectivity index (χ0) is 12.4. The van der Waals surface area contributed by atoms with E-state index in [4.69, 9.17) is 5.11 Å². The Kier molecular flexibility index (Phi) is 8.91. The fourth-order valence-electron chi connectivity index (χ4n) is 1.54. The predicted molar refractivity (Wildman–Crippen MR) is 67.6 cm³/mol. The van der Waals surface area contributed by atoms with Gasteiger partial charge in [-0.3, -0.25) is 0 Å². The van der Waals surface area contributed by atoms with Crippen molar-refractivity contribution in [3.63, 3.8) is 0 Å². The SMILES string of the molecule is CCCCC(CC)CNC/C=C(/C)C(=O)O. The summed E-state index contributed by atoms with van der Waals surface area (Å²) in [6, 6.07) is 0. The molecule has 16 heavy (non-hydrogen) atoms. The average molecular weight is 227 g/mol. The van der Waals surface area contributed by atoms with Crippen LogP contribution in [0, 0.1) is 5.92 Å². The van der Waals surface area contributed by atoms with Gasteiger partial charge < -0.3 is 10.4 Å². The summed E-state index contributed by atoms with van der Waals surface area (Å²) in [6.07, 6.45) is 6.71. The van der Waals surface area contributed by atoms with Gasteiger partial charge in [0.05, 0.1) is 0 Å². The number of carbonyl (C=O) groups is 1. The van der Waals surface area contributed by atoms with Gasteiger partial charge in [-0.15, -0.1) is 0 Å². The quantitative estimate of drug-likeness (QED) is 0.470. The Morgan fingerprint density at radius 2 is 2.12 bits per heavy atom. The fraction of sp³-hybridized carbons (Fsp3) is 0.769. The predicted octanol–water partition coefficient (Wildman–Crippen LogP) is 2.82. The molecule has 0 rings (SSSR count). The summed E-state index contributed by atoms with van der Waals surface area (Å²) in [5.74, 6) is -0.113. The lowest BCUT2D eigenvalue weighted by Crippen LogP contribution is -2.23. The van der Waals surface area contributed by atoms with Crippen LogP contribution in [0.3, 0.4) is 0 Å². The van der Waals surface area contributed by atoms with E-state index in [9.17, 15) is 4.79 Å².